The van der Waals surface area contributed by atoms with Crippen LogP contribution < -0.4 is 4.74 Å². The van der Waals surface area contributed by atoms with E-state index in [9.17, 15) is 0 Å². The number of nitriles is 1. The van der Waals surface area contributed by atoms with Gasteiger partial charge in [0.15, 0.2) is 0 Å². The maximum Gasteiger partial charge on any atom is 0.130 e. The van der Waals surface area contributed by atoms with Crippen LogP contribution in [0, 0.1) is 18.3 Å². The van der Waals surface area contributed by atoms with Crippen molar-refractivity contribution in [1.29, 1.82) is 5.26 Å². The van der Waals surface area contributed by atoms with Crippen LogP contribution in [0.1, 0.15) is 22.3 Å². The summed E-state index contributed by atoms with van der Waals surface area (Å²) in [7, 11) is 0. The molecule has 24 heavy (non-hydrogen) atoms. The fourth-order valence-corrected chi connectivity index (χ4v) is 2.75. The van der Waals surface area contributed by atoms with Crippen LogP contribution in [0.2, 0.25) is 5.02 Å². The fourth-order valence-electron chi connectivity index (χ4n) is 2.54. The van der Waals surface area contributed by atoms with Crippen molar-refractivity contribution in [3.05, 3.63) is 94.0 Å². The molecule has 3 aromatic carbocycles. The molecule has 0 atom stereocenters. The molecule has 0 bridgehead atoms. The molecular weight excluding hydrogens is 318 g/mol. The zero-order chi connectivity index (χ0) is 16.9. The fraction of sp³-hybridized carbons (Fsp3) is 0.0952. The third-order valence-electron chi connectivity index (χ3n) is 3.74. The van der Waals surface area contributed by atoms with Gasteiger partial charge in [0, 0.05) is 12.5 Å². The molecule has 3 aromatic rings. The van der Waals surface area contributed by atoms with Crippen LogP contribution in [0.15, 0.2) is 66.7 Å². The standard InChI is InChI=1S/C21H16ClNO/c1-15-7-10-21(18(11-15)12-16-5-3-2-4-6-16)24-19-9-8-17(14-23)20(22)13-19/h2-11,13H,12H2,1H3. The van der Waals surface area contributed by atoms with E-state index in [-0.39, 0.29) is 0 Å². The lowest BCUT2D eigenvalue weighted by atomic mass is 10.0. The zero-order valence-electron chi connectivity index (χ0n) is 13.3. The first kappa shape index (κ1) is 16.1. The second kappa shape index (κ2) is 7.21. The number of halogens is 1. The molecule has 0 amide bonds. The summed E-state index contributed by atoms with van der Waals surface area (Å²) in [6.45, 7) is 2.07. The van der Waals surface area contributed by atoms with E-state index in [1.807, 2.05) is 30.3 Å². The van der Waals surface area contributed by atoms with Gasteiger partial charge >= 0.3 is 0 Å². The highest BCUT2D eigenvalue weighted by Gasteiger charge is 2.08. The Labute approximate surface area is 146 Å². The Kier molecular flexibility index (Phi) is 4.84. The minimum absolute atomic E-state index is 0.395. The Morgan fingerprint density at radius 1 is 1.00 bits per heavy atom. The van der Waals surface area contributed by atoms with Crippen molar-refractivity contribution in [2.75, 3.05) is 0 Å². The lowest BCUT2D eigenvalue weighted by Crippen LogP contribution is -1.95. The van der Waals surface area contributed by atoms with Gasteiger partial charge in [-0.25, -0.2) is 0 Å². The van der Waals surface area contributed by atoms with E-state index >= 15 is 0 Å². The summed E-state index contributed by atoms with van der Waals surface area (Å²) in [6, 6.07) is 23.6. The van der Waals surface area contributed by atoms with Gasteiger partial charge < -0.3 is 4.74 Å². The van der Waals surface area contributed by atoms with Gasteiger partial charge in [-0.1, -0.05) is 59.6 Å². The largest absolute Gasteiger partial charge is 0.457 e. The first-order valence-corrected chi connectivity index (χ1v) is 8.04. The molecule has 0 spiro atoms. The topological polar surface area (TPSA) is 33.0 Å². The van der Waals surface area contributed by atoms with Crippen molar-refractivity contribution < 1.29 is 4.74 Å². The normalized spacial score (nSPS) is 10.2. The average Bonchev–Trinajstić information content (AvgIpc) is 2.58. The van der Waals surface area contributed by atoms with Gasteiger partial charge in [-0.3, -0.25) is 0 Å². The molecule has 0 aromatic heterocycles. The highest BCUT2D eigenvalue weighted by Crippen LogP contribution is 2.30. The summed E-state index contributed by atoms with van der Waals surface area (Å²) in [5.74, 6) is 1.42. The van der Waals surface area contributed by atoms with Crippen molar-refractivity contribution in [3.8, 4) is 17.6 Å². The summed E-state index contributed by atoms with van der Waals surface area (Å²) in [6.07, 6.45) is 0.794. The van der Waals surface area contributed by atoms with E-state index in [0.29, 0.717) is 16.3 Å². The van der Waals surface area contributed by atoms with E-state index in [2.05, 4.69) is 31.2 Å². The Bertz CT molecular complexity index is 897. The molecule has 0 heterocycles. The van der Waals surface area contributed by atoms with Crippen molar-refractivity contribution in [2.45, 2.75) is 13.3 Å². The van der Waals surface area contributed by atoms with Gasteiger partial charge in [0.25, 0.3) is 0 Å². The second-order valence-corrected chi connectivity index (χ2v) is 6.04. The highest BCUT2D eigenvalue weighted by atomic mass is 35.5. The van der Waals surface area contributed by atoms with E-state index in [1.165, 1.54) is 11.1 Å². The summed E-state index contributed by atoms with van der Waals surface area (Å²) in [4.78, 5) is 0. The van der Waals surface area contributed by atoms with Crippen molar-refractivity contribution in [2.24, 2.45) is 0 Å². The number of hydrogen-bond donors (Lipinski definition) is 0. The van der Waals surface area contributed by atoms with Crippen molar-refractivity contribution >= 4 is 11.6 Å². The van der Waals surface area contributed by atoms with Crippen molar-refractivity contribution in [3.63, 3.8) is 0 Å². The van der Waals surface area contributed by atoms with Gasteiger partial charge in [-0.15, -0.1) is 0 Å². The predicted molar refractivity (Wildman–Crippen MR) is 96.7 cm³/mol. The molecule has 0 saturated carbocycles. The summed E-state index contributed by atoms with van der Waals surface area (Å²) < 4.78 is 6.02. The molecule has 0 aliphatic carbocycles. The number of nitrogens with zero attached hydrogens (tertiary/aromatic N) is 1. The minimum Gasteiger partial charge on any atom is -0.457 e. The monoisotopic (exact) mass is 333 g/mol. The second-order valence-electron chi connectivity index (χ2n) is 5.63. The average molecular weight is 334 g/mol. The van der Waals surface area contributed by atoms with Crippen LogP contribution in [0.25, 0.3) is 0 Å². The molecule has 3 heteroatoms. The van der Waals surface area contributed by atoms with Gasteiger partial charge in [0.05, 0.1) is 10.6 Å². The minimum atomic E-state index is 0.395. The summed E-state index contributed by atoms with van der Waals surface area (Å²) in [5.41, 5.74) is 3.97. The Morgan fingerprint density at radius 3 is 2.50 bits per heavy atom. The molecule has 0 saturated heterocycles. The Balaban J connectivity index is 1.91. The Hall–Kier alpha value is -2.76. The number of ether oxygens (including phenoxy) is 1. The van der Waals surface area contributed by atoms with Crippen LogP contribution in [-0.2, 0) is 6.42 Å². The van der Waals surface area contributed by atoms with Crippen LogP contribution in [0.4, 0.5) is 0 Å². The van der Waals surface area contributed by atoms with Gasteiger partial charge in [-0.05, 0) is 36.2 Å². The lowest BCUT2D eigenvalue weighted by molar-refractivity contribution is 0.477. The third-order valence-corrected chi connectivity index (χ3v) is 4.05. The molecule has 0 radical (unpaired) electrons. The van der Waals surface area contributed by atoms with E-state index in [4.69, 9.17) is 21.6 Å². The van der Waals surface area contributed by atoms with Crippen LogP contribution in [-0.4, -0.2) is 0 Å². The molecule has 0 unspecified atom stereocenters. The predicted octanol–water partition coefficient (Wildman–Crippen LogP) is 5.90. The van der Waals surface area contributed by atoms with E-state index in [1.54, 1.807) is 18.2 Å². The number of rotatable bonds is 4. The first-order valence-electron chi connectivity index (χ1n) is 7.66. The molecule has 3 rings (SSSR count). The van der Waals surface area contributed by atoms with Crippen LogP contribution in [0.3, 0.4) is 0 Å². The lowest BCUT2D eigenvalue weighted by Gasteiger charge is -2.13. The molecular formula is C21H16ClNO. The highest BCUT2D eigenvalue weighted by molar-refractivity contribution is 6.31. The molecule has 118 valence electrons. The zero-order valence-corrected chi connectivity index (χ0v) is 14.0. The number of benzene rings is 3. The smallest absolute Gasteiger partial charge is 0.130 e. The summed E-state index contributed by atoms with van der Waals surface area (Å²) in [5, 5.41) is 9.36. The van der Waals surface area contributed by atoms with Gasteiger partial charge in [-0.2, -0.15) is 5.26 Å². The number of hydrogen-bond acceptors (Lipinski definition) is 2. The SMILES string of the molecule is Cc1ccc(Oc2ccc(C#N)c(Cl)c2)c(Cc2ccccc2)c1. The maximum atomic E-state index is 8.96. The van der Waals surface area contributed by atoms with E-state index in [0.717, 1.165) is 17.7 Å². The Morgan fingerprint density at radius 2 is 1.79 bits per heavy atom. The molecule has 0 aliphatic rings. The summed E-state index contributed by atoms with van der Waals surface area (Å²) >= 11 is 6.09. The molecule has 0 fully saturated rings. The molecule has 0 N–H and O–H groups in total. The number of aryl methyl sites for hydroxylation is 1. The van der Waals surface area contributed by atoms with Crippen LogP contribution >= 0.6 is 11.6 Å². The van der Waals surface area contributed by atoms with Crippen molar-refractivity contribution in [1.82, 2.24) is 0 Å². The van der Waals surface area contributed by atoms with E-state index < -0.39 is 0 Å². The van der Waals surface area contributed by atoms with Crippen LogP contribution in [0.5, 0.6) is 11.5 Å². The molecule has 2 nitrogen and oxygen atoms in total. The molecule has 0 aliphatic heterocycles. The maximum absolute atomic E-state index is 8.96. The van der Waals surface area contributed by atoms with Gasteiger partial charge in [0.1, 0.15) is 17.6 Å². The quantitative estimate of drug-likeness (QED) is 0.595. The van der Waals surface area contributed by atoms with Gasteiger partial charge in [0.2, 0.25) is 0 Å². The third kappa shape index (κ3) is 3.76. The first-order chi connectivity index (χ1) is 11.7.